The highest BCUT2D eigenvalue weighted by Gasteiger charge is 2.15. The van der Waals surface area contributed by atoms with Crippen LogP contribution in [0, 0.1) is 0 Å². The first kappa shape index (κ1) is 11.1. The molecule has 0 bridgehead atoms. The van der Waals surface area contributed by atoms with Crippen LogP contribution >= 0.6 is 0 Å². The van der Waals surface area contributed by atoms with E-state index in [2.05, 4.69) is 4.98 Å². The summed E-state index contributed by atoms with van der Waals surface area (Å²) >= 11 is 0. The molecule has 0 aliphatic carbocycles. The minimum atomic E-state index is -1.17. The number of hydrogen-bond acceptors (Lipinski definition) is 3. The molecule has 0 saturated heterocycles. The Kier molecular flexibility index (Phi) is 2.74. The van der Waals surface area contributed by atoms with Crippen LogP contribution in [0.5, 0.6) is 0 Å². The number of aromatic nitrogens is 1. The number of nitrogens with zero attached hydrogens (tertiary/aromatic N) is 1. The monoisotopic (exact) mass is 231 g/mol. The van der Waals surface area contributed by atoms with Crippen molar-refractivity contribution in [1.82, 2.24) is 4.98 Å². The molecule has 1 heterocycles. The van der Waals surface area contributed by atoms with E-state index in [0.717, 1.165) is 0 Å². The number of fused-ring (bicyclic) bond motifs is 1. The number of aliphatic carboxylic acids is 1. The van der Waals surface area contributed by atoms with Crippen molar-refractivity contribution in [3.63, 3.8) is 0 Å². The molecule has 0 radical (unpaired) electrons. The molecule has 2 rings (SSSR count). The zero-order valence-electron chi connectivity index (χ0n) is 8.75. The summed E-state index contributed by atoms with van der Waals surface area (Å²) in [6, 6.07) is 8.43. The lowest BCUT2D eigenvalue weighted by atomic mass is 10.1. The van der Waals surface area contributed by atoms with Gasteiger partial charge in [-0.1, -0.05) is 18.2 Å². The van der Waals surface area contributed by atoms with E-state index in [1.807, 2.05) is 0 Å². The van der Waals surface area contributed by atoms with Gasteiger partial charge in [0.15, 0.2) is 0 Å². The third-order valence-electron chi connectivity index (χ3n) is 2.35. The van der Waals surface area contributed by atoms with Gasteiger partial charge >= 0.3 is 11.9 Å². The molecule has 5 nitrogen and oxygen atoms in total. The van der Waals surface area contributed by atoms with E-state index < -0.39 is 18.4 Å². The van der Waals surface area contributed by atoms with Gasteiger partial charge in [-0.05, 0) is 12.1 Å². The van der Waals surface area contributed by atoms with Crippen LogP contribution in [0.2, 0.25) is 0 Å². The summed E-state index contributed by atoms with van der Waals surface area (Å²) in [5, 5.41) is 18.4. The Morgan fingerprint density at radius 1 is 1.18 bits per heavy atom. The van der Waals surface area contributed by atoms with Crippen LogP contribution in [-0.2, 0) is 11.2 Å². The maximum Gasteiger partial charge on any atom is 0.337 e. The predicted octanol–water partition coefficient (Wildman–Crippen LogP) is 1.56. The smallest absolute Gasteiger partial charge is 0.337 e. The van der Waals surface area contributed by atoms with Gasteiger partial charge in [0.2, 0.25) is 0 Å². The number of hydrogen-bond donors (Lipinski definition) is 2. The van der Waals surface area contributed by atoms with Crippen molar-refractivity contribution >= 4 is 22.8 Å². The molecule has 17 heavy (non-hydrogen) atoms. The Morgan fingerprint density at radius 2 is 1.88 bits per heavy atom. The number of para-hydroxylation sites is 1. The molecule has 2 N–H and O–H groups in total. The van der Waals surface area contributed by atoms with Crippen LogP contribution in [0.3, 0.4) is 0 Å². The van der Waals surface area contributed by atoms with Gasteiger partial charge in [0.1, 0.15) is 0 Å². The maximum atomic E-state index is 11.0. The van der Waals surface area contributed by atoms with Gasteiger partial charge in [-0.3, -0.25) is 9.78 Å². The van der Waals surface area contributed by atoms with E-state index >= 15 is 0 Å². The van der Waals surface area contributed by atoms with E-state index in [-0.39, 0.29) is 11.3 Å². The molecule has 0 aliphatic heterocycles. The first-order chi connectivity index (χ1) is 8.08. The number of benzene rings is 1. The Balaban J connectivity index is 2.66. The minimum absolute atomic E-state index is 0.0638. The highest BCUT2D eigenvalue weighted by molar-refractivity contribution is 5.95. The Hall–Kier alpha value is -2.43. The van der Waals surface area contributed by atoms with Crippen LogP contribution in [0.4, 0.5) is 0 Å². The van der Waals surface area contributed by atoms with Gasteiger partial charge in [0, 0.05) is 5.39 Å². The van der Waals surface area contributed by atoms with Crippen LogP contribution in [0.25, 0.3) is 10.9 Å². The van der Waals surface area contributed by atoms with E-state index in [1.54, 1.807) is 24.3 Å². The summed E-state index contributed by atoms with van der Waals surface area (Å²) in [6.45, 7) is 0. The lowest BCUT2D eigenvalue weighted by molar-refractivity contribution is -0.136. The molecule has 86 valence electrons. The number of carbonyl (C=O) groups is 2. The third-order valence-corrected chi connectivity index (χ3v) is 2.35. The second-order valence-corrected chi connectivity index (χ2v) is 3.55. The van der Waals surface area contributed by atoms with E-state index in [4.69, 9.17) is 10.2 Å². The summed E-state index contributed by atoms with van der Waals surface area (Å²) in [5.74, 6) is -2.27. The second-order valence-electron chi connectivity index (χ2n) is 3.55. The van der Waals surface area contributed by atoms with Crippen LogP contribution in [0.15, 0.2) is 30.3 Å². The van der Waals surface area contributed by atoms with Crippen molar-refractivity contribution < 1.29 is 19.8 Å². The third kappa shape index (κ3) is 2.23. The number of pyridine rings is 1. The molecule has 1 aromatic heterocycles. The largest absolute Gasteiger partial charge is 0.481 e. The van der Waals surface area contributed by atoms with Crippen molar-refractivity contribution in [3.8, 4) is 0 Å². The summed E-state index contributed by atoms with van der Waals surface area (Å²) < 4.78 is 0. The molecular formula is C12H9NO4. The number of carboxylic acid groups (broad SMARTS) is 2. The van der Waals surface area contributed by atoms with Gasteiger partial charge in [-0.15, -0.1) is 0 Å². The SMILES string of the molecule is O=C(O)Cc1nc2ccccc2cc1C(=O)O. The topological polar surface area (TPSA) is 87.5 Å². The van der Waals surface area contributed by atoms with Crippen molar-refractivity contribution in [2.45, 2.75) is 6.42 Å². The average Bonchev–Trinajstić information content (AvgIpc) is 2.27. The average molecular weight is 231 g/mol. The Bertz CT molecular complexity index is 606. The highest BCUT2D eigenvalue weighted by atomic mass is 16.4. The molecule has 0 unspecified atom stereocenters. The molecule has 1 aromatic carbocycles. The summed E-state index contributed by atoms with van der Waals surface area (Å²) in [6.07, 6.45) is -0.396. The van der Waals surface area contributed by atoms with Crippen LogP contribution in [-0.4, -0.2) is 27.1 Å². The highest BCUT2D eigenvalue weighted by Crippen LogP contribution is 2.17. The number of rotatable bonds is 3. The lowest BCUT2D eigenvalue weighted by Gasteiger charge is -2.05. The normalized spacial score (nSPS) is 10.4. The second kappa shape index (κ2) is 4.21. The summed E-state index contributed by atoms with van der Waals surface area (Å²) in [4.78, 5) is 25.7. The van der Waals surface area contributed by atoms with Crippen molar-refractivity contribution in [2.75, 3.05) is 0 Å². The molecule has 5 heteroatoms. The van der Waals surface area contributed by atoms with Crippen LogP contribution in [0.1, 0.15) is 16.1 Å². The van der Waals surface area contributed by atoms with Crippen LogP contribution < -0.4 is 0 Å². The fourth-order valence-electron chi connectivity index (χ4n) is 1.62. The molecule has 0 atom stereocenters. The molecular weight excluding hydrogens is 222 g/mol. The van der Waals surface area contributed by atoms with E-state index in [0.29, 0.717) is 10.9 Å². The standard InChI is InChI=1S/C12H9NO4/c14-11(15)6-10-8(12(16)17)5-7-3-1-2-4-9(7)13-10/h1-5H,6H2,(H,14,15)(H,16,17). The first-order valence-electron chi connectivity index (χ1n) is 4.91. The van der Waals surface area contributed by atoms with Gasteiger partial charge in [0.05, 0.1) is 23.2 Å². The predicted molar refractivity (Wildman–Crippen MR) is 60.0 cm³/mol. The molecule has 2 aromatic rings. The number of carboxylic acids is 2. The fourth-order valence-corrected chi connectivity index (χ4v) is 1.62. The van der Waals surface area contributed by atoms with Gasteiger partial charge in [-0.25, -0.2) is 4.79 Å². The fraction of sp³-hybridized carbons (Fsp3) is 0.0833. The van der Waals surface area contributed by atoms with Crippen molar-refractivity contribution in [1.29, 1.82) is 0 Å². The Morgan fingerprint density at radius 3 is 2.53 bits per heavy atom. The first-order valence-corrected chi connectivity index (χ1v) is 4.91. The molecule has 0 spiro atoms. The van der Waals surface area contributed by atoms with Gasteiger partial charge in [-0.2, -0.15) is 0 Å². The molecule has 0 amide bonds. The molecule has 0 fully saturated rings. The van der Waals surface area contributed by atoms with E-state index in [1.165, 1.54) is 6.07 Å². The lowest BCUT2D eigenvalue weighted by Crippen LogP contribution is -2.10. The summed E-state index contributed by atoms with van der Waals surface area (Å²) in [5.41, 5.74) is 0.601. The zero-order valence-corrected chi connectivity index (χ0v) is 8.75. The van der Waals surface area contributed by atoms with Gasteiger partial charge in [0.25, 0.3) is 0 Å². The zero-order chi connectivity index (χ0) is 12.4. The summed E-state index contributed by atoms with van der Waals surface area (Å²) in [7, 11) is 0. The number of aromatic carboxylic acids is 1. The van der Waals surface area contributed by atoms with Crippen molar-refractivity contribution in [3.05, 3.63) is 41.6 Å². The Labute approximate surface area is 96.3 Å². The van der Waals surface area contributed by atoms with Gasteiger partial charge < -0.3 is 10.2 Å². The minimum Gasteiger partial charge on any atom is -0.481 e. The molecule has 0 saturated carbocycles. The van der Waals surface area contributed by atoms with E-state index in [9.17, 15) is 9.59 Å². The quantitative estimate of drug-likeness (QED) is 0.836. The van der Waals surface area contributed by atoms with Crippen molar-refractivity contribution in [2.24, 2.45) is 0 Å². The maximum absolute atomic E-state index is 11.0. The molecule has 0 aliphatic rings.